The SMILES string of the molecule is CCCC[C@H](NC(=O)[C@H](Cc1cccc2ccccc12)NC(=O)OC(C)(C)C)C(=O)NC(CC(C)C)C(O)CC(=O)NCC(C)CC. The molecule has 0 fully saturated rings. The molecule has 262 valence electrons. The van der Waals surface area contributed by atoms with Crippen molar-refractivity contribution in [1.29, 1.82) is 0 Å². The highest BCUT2D eigenvalue weighted by atomic mass is 16.6. The maximum Gasteiger partial charge on any atom is 0.408 e. The Labute approximate surface area is 281 Å². The van der Waals surface area contributed by atoms with Crippen molar-refractivity contribution in [2.45, 2.75) is 130 Å². The van der Waals surface area contributed by atoms with E-state index < -0.39 is 47.7 Å². The van der Waals surface area contributed by atoms with Crippen LogP contribution in [0.25, 0.3) is 10.8 Å². The maximum atomic E-state index is 13.9. The van der Waals surface area contributed by atoms with Gasteiger partial charge in [-0.15, -0.1) is 0 Å². The number of aliphatic hydroxyl groups excluding tert-OH is 1. The third-order valence-corrected chi connectivity index (χ3v) is 8.05. The number of aliphatic hydroxyl groups is 1. The van der Waals surface area contributed by atoms with E-state index in [2.05, 4.69) is 21.3 Å². The number of hydrogen-bond acceptors (Lipinski definition) is 6. The van der Waals surface area contributed by atoms with Gasteiger partial charge in [-0.1, -0.05) is 96.3 Å². The first kappa shape index (κ1) is 39.5. The Morgan fingerprint density at radius 2 is 1.53 bits per heavy atom. The fourth-order valence-electron chi connectivity index (χ4n) is 5.24. The standard InChI is InChI=1S/C37H58N4O6/c1-9-11-19-29(34(44)40-30(20-24(3)4)32(42)22-33(43)38-23-25(5)10-2)39-35(45)31(41-36(46)47-37(6,7)8)21-27-17-14-16-26-15-12-13-18-28(26)27/h12-18,24-25,29-32,42H,9-11,19-23H2,1-8H3,(H,38,43)(H,39,45)(H,40,44)(H,41,46)/t25?,29-,30?,31-,32?/m0/s1. The predicted molar refractivity (Wildman–Crippen MR) is 187 cm³/mol. The first-order chi connectivity index (χ1) is 22.1. The van der Waals surface area contributed by atoms with Gasteiger partial charge in [-0.25, -0.2) is 4.79 Å². The van der Waals surface area contributed by atoms with Gasteiger partial charge in [0.25, 0.3) is 0 Å². The van der Waals surface area contributed by atoms with Gasteiger partial charge in [0.2, 0.25) is 17.7 Å². The van der Waals surface area contributed by atoms with Crippen LogP contribution < -0.4 is 21.3 Å². The summed E-state index contributed by atoms with van der Waals surface area (Å²) in [7, 11) is 0. The number of fused-ring (bicyclic) bond motifs is 1. The molecule has 0 heterocycles. The lowest BCUT2D eigenvalue weighted by atomic mass is 9.96. The number of amides is 4. The highest BCUT2D eigenvalue weighted by Crippen LogP contribution is 2.21. The summed E-state index contributed by atoms with van der Waals surface area (Å²) in [6.45, 7) is 15.8. The topological polar surface area (TPSA) is 146 Å². The smallest absolute Gasteiger partial charge is 0.408 e. The Morgan fingerprint density at radius 3 is 2.17 bits per heavy atom. The van der Waals surface area contributed by atoms with Gasteiger partial charge in [-0.2, -0.15) is 0 Å². The van der Waals surface area contributed by atoms with Crippen molar-refractivity contribution in [2.24, 2.45) is 11.8 Å². The van der Waals surface area contributed by atoms with Gasteiger partial charge in [-0.3, -0.25) is 14.4 Å². The molecule has 3 unspecified atom stereocenters. The molecule has 10 heteroatoms. The lowest BCUT2D eigenvalue weighted by molar-refractivity contribution is -0.131. The minimum atomic E-state index is -1.10. The molecule has 5 N–H and O–H groups in total. The van der Waals surface area contributed by atoms with Crippen LogP contribution in [0, 0.1) is 11.8 Å². The molecule has 0 aliphatic rings. The number of ether oxygens (including phenoxy) is 1. The summed E-state index contributed by atoms with van der Waals surface area (Å²) in [5.41, 5.74) is 0.0894. The van der Waals surface area contributed by atoms with Crippen molar-refractivity contribution in [3.63, 3.8) is 0 Å². The van der Waals surface area contributed by atoms with E-state index in [0.29, 0.717) is 31.7 Å². The second kappa shape index (κ2) is 19.2. The summed E-state index contributed by atoms with van der Waals surface area (Å²) in [5, 5.41) is 24.4. The molecule has 0 aliphatic heterocycles. The van der Waals surface area contributed by atoms with Gasteiger partial charge >= 0.3 is 6.09 Å². The zero-order valence-corrected chi connectivity index (χ0v) is 29.7. The van der Waals surface area contributed by atoms with Crippen molar-refractivity contribution >= 4 is 34.6 Å². The Hall–Kier alpha value is -3.66. The van der Waals surface area contributed by atoms with Crippen molar-refractivity contribution in [1.82, 2.24) is 21.3 Å². The zero-order chi connectivity index (χ0) is 35.1. The Bertz CT molecular complexity index is 1300. The lowest BCUT2D eigenvalue weighted by Crippen LogP contribution is -2.57. The molecule has 2 aromatic carbocycles. The third kappa shape index (κ3) is 14.3. The number of unbranched alkanes of at least 4 members (excludes halogenated alkanes) is 1. The maximum absolute atomic E-state index is 13.9. The van der Waals surface area contributed by atoms with Gasteiger partial charge in [0, 0.05) is 13.0 Å². The third-order valence-electron chi connectivity index (χ3n) is 8.05. The summed E-state index contributed by atoms with van der Waals surface area (Å²) in [5.74, 6) is -0.798. The second-order valence-corrected chi connectivity index (χ2v) is 14.1. The van der Waals surface area contributed by atoms with Gasteiger partial charge in [0.1, 0.15) is 17.7 Å². The van der Waals surface area contributed by atoms with Crippen molar-refractivity contribution in [3.8, 4) is 0 Å². The van der Waals surface area contributed by atoms with Crippen LogP contribution in [0.15, 0.2) is 42.5 Å². The van der Waals surface area contributed by atoms with E-state index >= 15 is 0 Å². The minimum Gasteiger partial charge on any atom is -0.444 e. The Kier molecular flexibility index (Phi) is 16.2. The van der Waals surface area contributed by atoms with Crippen LogP contribution in [-0.4, -0.2) is 65.3 Å². The zero-order valence-electron chi connectivity index (χ0n) is 29.7. The molecule has 4 amide bonds. The molecular weight excluding hydrogens is 596 g/mol. The fraction of sp³-hybridized carbons (Fsp3) is 0.622. The molecule has 5 atom stereocenters. The highest BCUT2D eigenvalue weighted by molar-refractivity contribution is 5.92. The number of rotatable bonds is 18. The first-order valence-electron chi connectivity index (χ1n) is 17.1. The molecule has 47 heavy (non-hydrogen) atoms. The number of carbonyl (C=O) groups is 4. The van der Waals surface area contributed by atoms with Crippen LogP contribution in [0.4, 0.5) is 4.79 Å². The molecule has 0 saturated heterocycles. The molecule has 2 rings (SSSR count). The quantitative estimate of drug-likeness (QED) is 0.146. The summed E-state index contributed by atoms with van der Waals surface area (Å²) >= 11 is 0. The number of carbonyl (C=O) groups excluding carboxylic acids is 4. The van der Waals surface area contributed by atoms with Gasteiger partial charge < -0.3 is 31.1 Å². The highest BCUT2D eigenvalue weighted by Gasteiger charge is 2.31. The van der Waals surface area contributed by atoms with E-state index in [1.807, 2.05) is 77.1 Å². The van der Waals surface area contributed by atoms with E-state index in [1.54, 1.807) is 20.8 Å². The summed E-state index contributed by atoms with van der Waals surface area (Å²) in [6, 6.07) is 11.0. The number of nitrogens with one attached hydrogen (secondary N) is 4. The molecule has 2 aromatic rings. The van der Waals surface area contributed by atoms with Crippen LogP contribution in [0.2, 0.25) is 0 Å². The molecule has 0 bridgehead atoms. The Morgan fingerprint density at radius 1 is 0.872 bits per heavy atom. The van der Waals surface area contributed by atoms with Crippen LogP contribution in [0.3, 0.4) is 0 Å². The van der Waals surface area contributed by atoms with Crippen LogP contribution in [-0.2, 0) is 25.5 Å². The van der Waals surface area contributed by atoms with Gasteiger partial charge in [0.15, 0.2) is 0 Å². The van der Waals surface area contributed by atoms with E-state index in [-0.39, 0.29) is 24.7 Å². The van der Waals surface area contributed by atoms with E-state index in [0.717, 1.165) is 29.2 Å². The van der Waals surface area contributed by atoms with E-state index in [4.69, 9.17) is 4.74 Å². The predicted octanol–water partition coefficient (Wildman–Crippen LogP) is 5.39. The van der Waals surface area contributed by atoms with E-state index in [9.17, 15) is 24.3 Å². The lowest BCUT2D eigenvalue weighted by Gasteiger charge is -2.29. The average Bonchev–Trinajstić information content (AvgIpc) is 2.99. The van der Waals surface area contributed by atoms with Crippen molar-refractivity contribution in [2.75, 3.05) is 6.54 Å². The monoisotopic (exact) mass is 654 g/mol. The minimum absolute atomic E-state index is 0.130. The summed E-state index contributed by atoms with van der Waals surface area (Å²) < 4.78 is 5.48. The average molecular weight is 655 g/mol. The molecule has 0 aliphatic carbocycles. The van der Waals surface area contributed by atoms with E-state index in [1.165, 1.54) is 0 Å². The first-order valence-corrected chi connectivity index (χ1v) is 17.1. The summed E-state index contributed by atoms with van der Waals surface area (Å²) in [4.78, 5) is 53.1. The van der Waals surface area contributed by atoms with Crippen LogP contribution in [0.5, 0.6) is 0 Å². The van der Waals surface area contributed by atoms with Crippen molar-refractivity contribution in [3.05, 3.63) is 48.0 Å². The van der Waals surface area contributed by atoms with Gasteiger partial charge in [-0.05, 0) is 61.8 Å². The molecule has 0 saturated carbocycles. The fourth-order valence-corrected chi connectivity index (χ4v) is 5.24. The van der Waals surface area contributed by atoms with Crippen LogP contribution in [0.1, 0.15) is 99.5 Å². The normalized spacial score (nSPS) is 14.9. The molecule has 0 radical (unpaired) electrons. The number of benzene rings is 2. The summed E-state index contributed by atoms with van der Waals surface area (Å²) in [6.07, 6.45) is 1.39. The molecule has 0 aromatic heterocycles. The van der Waals surface area contributed by atoms with Crippen LogP contribution >= 0.6 is 0 Å². The number of hydrogen-bond donors (Lipinski definition) is 5. The second-order valence-electron chi connectivity index (χ2n) is 14.1. The molecular formula is C37H58N4O6. The van der Waals surface area contributed by atoms with Gasteiger partial charge in [0.05, 0.1) is 18.6 Å². The Balaban J connectivity index is 2.28. The van der Waals surface area contributed by atoms with Crippen molar-refractivity contribution < 1.29 is 29.0 Å². The largest absolute Gasteiger partial charge is 0.444 e. The number of alkyl carbamates (subject to hydrolysis) is 1. The molecule has 0 spiro atoms. The molecule has 10 nitrogen and oxygen atoms in total.